The summed E-state index contributed by atoms with van der Waals surface area (Å²) < 4.78 is 0. The maximum absolute atomic E-state index is 12.8. The number of aliphatic imine (C=N–C) groups is 1. The normalized spacial score (nSPS) is 25.7. The van der Waals surface area contributed by atoms with Crippen molar-refractivity contribution < 1.29 is 14.7 Å². The fourth-order valence-electron chi connectivity index (χ4n) is 4.54. The van der Waals surface area contributed by atoms with Crippen molar-refractivity contribution in [3.05, 3.63) is 33.0 Å². The van der Waals surface area contributed by atoms with Gasteiger partial charge in [0.1, 0.15) is 0 Å². The zero-order valence-corrected chi connectivity index (χ0v) is 19.4. The summed E-state index contributed by atoms with van der Waals surface area (Å²) >= 11 is 1.45. The van der Waals surface area contributed by atoms with E-state index in [-0.39, 0.29) is 24.3 Å². The zero-order chi connectivity index (χ0) is 22.0. The molecular weight excluding hydrogens is 398 g/mol. The average molecular weight is 432 g/mol. The lowest BCUT2D eigenvalue weighted by Gasteiger charge is -2.34. The number of thiophene rings is 1. The minimum absolute atomic E-state index is 0.203. The fourth-order valence-corrected chi connectivity index (χ4v) is 5.69. The van der Waals surface area contributed by atoms with Crippen LogP contribution in [0.1, 0.15) is 66.4 Å². The van der Waals surface area contributed by atoms with Crippen molar-refractivity contribution in [2.45, 2.75) is 58.6 Å². The quantitative estimate of drug-likeness (QED) is 0.722. The molecule has 30 heavy (non-hydrogen) atoms. The molecule has 2 aliphatic rings. The number of carbonyl (C=O) groups is 2. The van der Waals surface area contributed by atoms with E-state index in [1.165, 1.54) is 11.3 Å². The van der Waals surface area contributed by atoms with Gasteiger partial charge in [-0.15, -0.1) is 11.3 Å². The monoisotopic (exact) mass is 431 g/mol. The molecule has 2 unspecified atom stereocenters. The third kappa shape index (κ3) is 4.90. The smallest absolute Gasteiger partial charge is 0.254 e. The average Bonchev–Trinajstić information content (AvgIpc) is 3.08. The maximum Gasteiger partial charge on any atom is 0.254 e. The Hall–Kier alpha value is -1.83. The first-order chi connectivity index (χ1) is 14.2. The van der Waals surface area contributed by atoms with Crippen molar-refractivity contribution in [2.24, 2.45) is 16.8 Å². The molecule has 1 saturated carbocycles. The SMILES string of the molecule is CC1=CC(C)=NC(=O)C1CNC(=O)c1csc(C(O)C2CCC(N(C)C)CC2)c1C. The summed E-state index contributed by atoms with van der Waals surface area (Å²) in [5.74, 6) is -0.582. The van der Waals surface area contributed by atoms with Crippen LogP contribution in [0.3, 0.4) is 0 Å². The number of carbonyl (C=O) groups excluding carboxylic acids is 2. The van der Waals surface area contributed by atoms with E-state index in [9.17, 15) is 14.7 Å². The highest BCUT2D eigenvalue weighted by Gasteiger charge is 2.31. The number of aliphatic hydroxyl groups is 1. The first-order valence-corrected chi connectivity index (χ1v) is 11.5. The van der Waals surface area contributed by atoms with Gasteiger partial charge in [0, 0.05) is 28.6 Å². The van der Waals surface area contributed by atoms with Crippen LogP contribution in [0, 0.1) is 18.8 Å². The van der Waals surface area contributed by atoms with Crippen LogP contribution in [0.5, 0.6) is 0 Å². The van der Waals surface area contributed by atoms with Gasteiger partial charge in [-0.3, -0.25) is 9.59 Å². The van der Waals surface area contributed by atoms with Crippen LogP contribution in [0.15, 0.2) is 22.0 Å². The Bertz CT molecular complexity index is 863. The van der Waals surface area contributed by atoms with Gasteiger partial charge in [-0.1, -0.05) is 5.57 Å². The number of amides is 2. The lowest BCUT2D eigenvalue weighted by molar-refractivity contribution is -0.120. The van der Waals surface area contributed by atoms with E-state index in [0.29, 0.717) is 17.3 Å². The fraction of sp³-hybridized carbons (Fsp3) is 0.609. The topological polar surface area (TPSA) is 82.0 Å². The van der Waals surface area contributed by atoms with Crippen LogP contribution in [-0.4, -0.2) is 54.2 Å². The molecule has 1 aromatic rings. The summed E-state index contributed by atoms with van der Waals surface area (Å²) in [6.07, 6.45) is 5.54. The third-order valence-electron chi connectivity index (χ3n) is 6.55. The molecule has 1 aliphatic carbocycles. The minimum Gasteiger partial charge on any atom is -0.387 e. The van der Waals surface area contributed by atoms with Gasteiger partial charge in [0.25, 0.3) is 11.8 Å². The molecule has 2 amide bonds. The number of rotatable bonds is 6. The Kier molecular flexibility index (Phi) is 7.26. The number of dihydropyridines is 1. The summed E-state index contributed by atoms with van der Waals surface area (Å²) in [7, 11) is 4.23. The van der Waals surface area contributed by atoms with Crippen molar-refractivity contribution in [3.63, 3.8) is 0 Å². The number of nitrogens with one attached hydrogen (secondary N) is 1. The molecule has 1 fully saturated rings. The van der Waals surface area contributed by atoms with Gasteiger partial charge in [-0.05, 0) is 78.1 Å². The largest absolute Gasteiger partial charge is 0.387 e. The van der Waals surface area contributed by atoms with Gasteiger partial charge < -0.3 is 15.3 Å². The lowest BCUT2D eigenvalue weighted by Crippen LogP contribution is -2.35. The van der Waals surface area contributed by atoms with E-state index < -0.39 is 12.0 Å². The predicted molar refractivity (Wildman–Crippen MR) is 121 cm³/mol. The number of nitrogens with zero attached hydrogens (tertiary/aromatic N) is 2. The van der Waals surface area contributed by atoms with E-state index in [1.54, 1.807) is 6.92 Å². The van der Waals surface area contributed by atoms with Crippen molar-refractivity contribution in [2.75, 3.05) is 20.6 Å². The predicted octanol–water partition coefficient (Wildman–Crippen LogP) is 3.50. The van der Waals surface area contributed by atoms with E-state index >= 15 is 0 Å². The van der Waals surface area contributed by atoms with Crippen LogP contribution in [0.4, 0.5) is 0 Å². The molecule has 6 nitrogen and oxygen atoms in total. The van der Waals surface area contributed by atoms with Crippen molar-refractivity contribution in [3.8, 4) is 0 Å². The van der Waals surface area contributed by atoms with Gasteiger partial charge in [-0.25, -0.2) is 4.99 Å². The van der Waals surface area contributed by atoms with Crippen LogP contribution in [-0.2, 0) is 4.79 Å². The Labute approximate surface area is 183 Å². The molecule has 0 aromatic carbocycles. The molecule has 3 rings (SSSR count). The Morgan fingerprint density at radius 1 is 1.27 bits per heavy atom. The molecular formula is C23H33N3O3S. The van der Waals surface area contributed by atoms with Crippen molar-refractivity contribution >= 4 is 28.9 Å². The third-order valence-corrected chi connectivity index (χ3v) is 7.70. The zero-order valence-electron chi connectivity index (χ0n) is 18.6. The molecule has 0 radical (unpaired) electrons. The summed E-state index contributed by atoms with van der Waals surface area (Å²) in [5.41, 5.74) is 3.04. The molecule has 1 aliphatic heterocycles. The maximum atomic E-state index is 12.8. The number of hydrogen-bond donors (Lipinski definition) is 2. The summed E-state index contributed by atoms with van der Waals surface area (Å²) in [6, 6.07) is 0.590. The second kappa shape index (κ2) is 9.54. The molecule has 2 N–H and O–H groups in total. The van der Waals surface area contributed by atoms with E-state index in [1.807, 2.05) is 25.3 Å². The number of hydrogen-bond acceptors (Lipinski definition) is 5. The molecule has 7 heteroatoms. The summed E-state index contributed by atoms with van der Waals surface area (Å²) in [5, 5.41) is 15.7. The Balaban J connectivity index is 1.61. The highest BCUT2D eigenvalue weighted by Crippen LogP contribution is 2.39. The Morgan fingerprint density at radius 3 is 2.53 bits per heavy atom. The first-order valence-electron chi connectivity index (χ1n) is 10.7. The van der Waals surface area contributed by atoms with Gasteiger partial charge in [0.15, 0.2) is 0 Å². The molecule has 0 bridgehead atoms. The molecule has 0 spiro atoms. The molecule has 164 valence electrons. The minimum atomic E-state index is -0.526. The van der Waals surface area contributed by atoms with Crippen LogP contribution in [0.2, 0.25) is 0 Å². The summed E-state index contributed by atoms with van der Waals surface area (Å²) in [4.78, 5) is 32.1. The second-order valence-corrected chi connectivity index (χ2v) is 9.77. The molecule has 2 heterocycles. The molecule has 0 saturated heterocycles. The second-order valence-electron chi connectivity index (χ2n) is 8.86. The Morgan fingerprint density at radius 2 is 1.93 bits per heavy atom. The number of aliphatic hydroxyl groups excluding tert-OH is 1. The van der Waals surface area contributed by atoms with Gasteiger partial charge in [-0.2, -0.15) is 0 Å². The summed E-state index contributed by atoms with van der Waals surface area (Å²) in [6.45, 7) is 5.82. The van der Waals surface area contributed by atoms with Crippen LogP contribution >= 0.6 is 11.3 Å². The highest BCUT2D eigenvalue weighted by atomic mass is 32.1. The standard InChI is InChI=1S/C23H33N3O3S/c1-13-10-14(2)25-23(29)18(13)11-24-22(28)19-12-30-21(15(19)3)20(27)16-6-8-17(9-7-16)26(4)5/h10,12,16-18,20,27H,6-9,11H2,1-5H3,(H,24,28). The first kappa shape index (κ1) is 22.8. The van der Waals surface area contributed by atoms with Gasteiger partial charge in [0.05, 0.1) is 17.6 Å². The van der Waals surface area contributed by atoms with Crippen molar-refractivity contribution in [1.82, 2.24) is 10.2 Å². The van der Waals surface area contributed by atoms with E-state index in [2.05, 4.69) is 29.3 Å². The van der Waals surface area contributed by atoms with Gasteiger partial charge in [0.2, 0.25) is 0 Å². The van der Waals surface area contributed by atoms with E-state index in [4.69, 9.17) is 0 Å². The van der Waals surface area contributed by atoms with Crippen LogP contribution < -0.4 is 5.32 Å². The lowest BCUT2D eigenvalue weighted by atomic mass is 9.81. The van der Waals surface area contributed by atoms with E-state index in [0.717, 1.165) is 41.7 Å². The highest BCUT2D eigenvalue weighted by molar-refractivity contribution is 7.10. The van der Waals surface area contributed by atoms with Gasteiger partial charge >= 0.3 is 0 Å². The molecule has 2 atom stereocenters. The number of allylic oxidation sites excluding steroid dienone is 1. The molecule has 1 aromatic heterocycles. The van der Waals surface area contributed by atoms with Crippen molar-refractivity contribution in [1.29, 1.82) is 0 Å². The van der Waals surface area contributed by atoms with Crippen LogP contribution in [0.25, 0.3) is 0 Å².